The van der Waals surface area contributed by atoms with Gasteiger partial charge in [0.05, 0.1) is 12.1 Å². The number of hydrogen-bond acceptors (Lipinski definition) is 4. The Hall–Kier alpha value is 0.580. The van der Waals surface area contributed by atoms with Crippen molar-refractivity contribution in [2.24, 2.45) is 0 Å². The molecule has 1 aliphatic heterocycles. The second-order valence-electron chi connectivity index (χ2n) is 2.51. The molecular formula is C6H12NaO6P. The van der Waals surface area contributed by atoms with Crippen molar-refractivity contribution in [2.75, 3.05) is 19.4 Å². The molecule has 0 atom stereocenters. The van der Waals surface area contributed by atoms with Crippen molar-refractivity contribution >= 4 is 13.6 Å². The van der Waals surface area contributed by atoms with E-state index in [0.29, 0.717) is 0 Å². The fourth-order valence-corrected chi connectivity index (χ4v) is 1.01. The molecule has 0 unspecified atom stereocenters. The van der Waals surface area contributed by atoms with E-state index in [1.165, 1.54) is 12.8 Å². The van der Waals surface area contributed by atoms with Gasteiger partial charge in [-0.3, -0.25) is 4.57 Å². The third kappa shape index (κ3) is 15.1. The Morgan fingerprint density at radius 2 is 1.79 bits per heavy atom. The van der Waals surface area contributed by atoms with Gasteiger partial charge < -0.3 is 24.4 Å². The van der Waals surface area contributed by atoms with Crippen molar-refractivity contribution < 1.29 is 58.5 Å². The van der Waals surface area contributed by atoms with Crippen molar-refractivity contribution in [3.63, 3.8) is 0 Å². The average molecular weight is 234 g/mol. The van der Waals surface area contributed by atoms with Gasteiger partial charge in [-0.15, -0.1) is 0 Å². The second-order valence-corrected chi connectivity index (χ2v) is 4.16. The van der Waals surface area contributed by atoms with Gasteiger partial charge in [-0.25, -0.2) is 0 Å². The normalized spacial score (nSPS) is 15.0. The molecule has 0 aromatic heterocycles. The summed E-state index contributed by atoms with van der Waals surface area (Å²) in [7, 11) is -4.38. The van der Waals surface area contributed by atoms with Crippen molar-refractivity contribution in [3.05, 3.63) is 0 Å². The topological polar surface area (TPSA) is 107 Å². The van der Waals surface area contributed by atoms with Crippen molar-refractivity contribution in [2.45, 2.75) is 12.8 Å². The Morgan fingerprint density at radius 1 is 1.36 bits per heavy atom. The van der Waals surface area contributed by atoms with Crippen LogP contribution in [0.15, 0.2) is 0 Å². The monoisotopic (exact) mass is 234 g/mol. The third-order valence-electron chi connectivity index (χ3n) is 1.16. The molecule has 0 bridgehead atoms. The zero-order valence-electron chi connectivity index (χ0n) is 8.01. The van der Waals surface area contributed by atoms with Gasteiger partial charge in [-0.05, 0) is 12.8 Å². The molecule has 1 fully saturated rings. The van der Waals surface area contributed by atoms with Gasteiger partial charge in [0.1, 0.15) is 0 Å². The number of carbonyl (C=O) groups excluding carboxylic acids is 1. The van der Waals surface area contributed by atoms with E-state index in [4.69, 9.17) is 14.5 Å². The zero-order valence-corrected chi connectivity index (χ0v) is 10.9. The van der Waals surface area contributed by atoms with Crippen LogP contribution in [0.3, 0.4) is 0 Å². The van der Waals surface area contributed by atoms with E-state index in [1.807, 2.05) is 0 Å². The van der Waals surface area contributed by atoms with Crippen LogP contribution >= 0.6 is 7.60 Å². The number of ether oxygens (including phenoxy) is 1. The summed E-state index contributed by atoms with van der Waals surface area (Å²) >= 11 is 0. The van der Waals surface area contributed by atoms with Gasteiger partial charge in [0, 0.05) is 13.2 Å². The van der Waals surface area contributed by atoms with Gasteiger partial charge >= 0.3 is 37.2 Å². The number of aliphatic carboxylic acids is 1. The molecule has 0 saturated carbocycles. The summed E-state index contributed by atoms with van der Waals surface area (Å²) < 4.78 is 14.7. The fraction of sp³-hybridized carbons (Fsp3) is 0.833. The van der Waals surface area contributed by atoms with Crippen LogP contribution in [0.1, 0.15) is 12.8 Å². The molecule has 0 aromatic carbocycles. The third-order valence-corrected chi connectivity index (χ3v) is 1.83. The predicted molar refractivity (Wildman–Crippen MR) is 42.0 cm³/mol. The van der Waals surface area contributed by atoms with Crippen molar-refractivity contribution in [1.29, 1.82) is 0 Å². The summed E-state index contributed by atoms with van der Waals surface area (Å²) in [5.41, 5.74) is 0. The molecule has 0 aliphatic carbocycles. The first-order valence-corrected chi connectivity index (χ1v) is 5.54. The van der Waals surface area contributed by atoms with E-state index in [0.717, 1.165) is 13.2 Å². The Balaban J connectivity index is 0. The Morgan fingerprint density at radius 3 is 1.86 bits per heavy atom. The van der Waals surface area contributed by atoms with Crippen molar-refractivity contribution in [1.82, 2.24) is 0 Å². The van der Waals surface area contributed by atoms with Gasteiger partial charge in [0.2, 0.25) is 0 Å². The van der Waals surface area contributed by atoms with Crippen LogP contribution in [0.2, 0.25) is 0 Å². The maximum atomic E-state index is 9.72. The number of carbonyl (C=O) groups is 1. The molecule has 1 rings (SSSR count). The molecule has 78 valence electrons. The zero-order chi connectivity index (χ0) is 10.3. The molecule has 1 aliphatic rings. The SMILES string of the molecule is C1CCOC1.O=C([O-])CP(=O)(O)O.[Na+]. The van der Waals surface area contributed by atoms with Crippen LogP contribution in [0.4, 0.5) is 0 Å². The van der Waals surface area contributed by atoms with E-state index < -0.39 is 19.7 Å². The second kappa shape index (κ2) is 8.85. The van der Waals surface area contributed by atoms with Gasteiger partial charge in [0.25, 0.3) is 0 Å². The minimum Gasteiger partial charge on any atom is -0.549 e. The molecule has 0 amide bonds. The standard InChI is InChI=1S/C4H8O.C2H5O5P.Na/c1-2-4-5-3-1;3-2(4)1-8(5,6)7;/h1-4H2;1H2,(H,3,4)(H2,5,6,7);/q;;+1/p-1. The minimum absolute atomic E-state index is 0. The quantitative estimate of drug-likeness (QED) is 0.370. The molecular weight excluding hydrogens is 222 g/mol. The number of rotatable bonds is 2. The largest absolute Gasteiger partial charge is 1.00 e. The average Bonchev–Trinajstić information content (AvgIpc) is 2.33. The fourth-order valence-electron chi connectivity index (χ4n) is 0.678. The summed E-state index contributed by atoms with van der Waals surface area (Å²) in [6.07, 6.45) is 1.35. The van der Waals surface area contributed by atoms with E-state index in [2.05, 4.69) is 0 Å². The maximum Gasteiger partial charge on any atom is 1.00 e. The molecule has 2 N–H and O–H groups in total. The van der Waals surface area contributed by atoms with Crippen LogP contribution in [0.25, 0.3) is 0 Å². The van der Waals surface area contributed by atoms with E-state index in [-0.39, 0.29) is 29.6 Å². The summed E-state index contributed by atoms with van der Waals surface area (Å²) in [6.45, 7) is 2.00. The molecule has 0 spiro atoms. The molecule has 8 heteroatoms. The predicted octanol–water partition coefficient (Wildman–Crippen LogP) is -4.29. The number of carboxylic acid groups (broad SMARTS) is 1. The smallest absolute Gasteiger partial charge is 0.549 e. The van der Waals surface area contributed by atoms with Gasteiger partial charge in [-0.1, -0.05) is 0 Å². The van der Waals surface area contributed by atoms with E-state index >= 15 is 0 Å². The van der Waals surface area contributed by atoms with Crippen molar-refractivity contribution in [3.8, 4) is 0 Å². The van der Waals surface area contributed by atoms with E-state index in [1.54, 1.807) is 0 Å². The summed E-state index contributed by atoms with van der Waals surface area (Å²) in [4.78, 5) is 25.2. The molecule has 6 nitrogen and oxygen atoms in total. The Kier molecular flexibility index (Phi) is 10.7. The first-order chi connectivity index (χ1) is 5.92. The summed E-state index contributed by atoms with van der Waals surface area (Å²) in [6, 6.07) is 0. The van der Waals surface area contributed by atoms with Gasteiger partial charge in [-0.2, -0.15) is 0 Å². The molecule has 1 heterocycles. The van der Waals surface area contributed by atoms with Crippen LogP contribution in [-0.2, 0) is 14.1 Å². The first-order valence-electron chi connectivity index (χ1n) is 3.74. The van der Waals surface area contributed by atoms with Crippen LogP contribution in [-0.4, -0.2) is 35.1 Å². The molecule has 14 heavy (non-hydrogen) atoms. The molecule has 0 aromatic rings. The summed E-state index contributed by atoms with van der Waals surface area (Å²) in [5.74, 6) is -1.74. The van der Waals surface area contributed by atoms with Crippen LogP contribution < -0.4 is 34.7 Å². The minimum atomic E-state index is -4.38. The molecule has 1 saturated heterocycles. The number of carboxylic acids is 1. The van der Waals surface area contributed by atoms with E-state index in [9.17, 15) is 14.5 Å². The Labute approximate surface area is 104 Å². The van der Waals surface area contributed by atoms with Gasteiger partial charge in [0.15, 0.2) is 0 Å². The van der Waals surface area contributed by atoms with Crippen LogP contribution in [0.5, 0.6) is 0 Å². The maximum absolute atomic E-state index is 9.72. The first kappa shape index (κ1) is 17.0. The summed E-state index contributed by atoms with van der Waals surface area (Å²) in [5, 5.41) is 9.41. The Bertz CT molecular complexity index is 191. The number of hydrogen-bond donors (Lipinski definition) is 2. The van der Waals surface area contributed by atoms with Crippen LogP contribution in [0, 0.1) is 0 Å². The molecule has 0 radical (unpaired) electrons.